The molecule has 0 aliphatic heterocycles. The summed E-state index contributed by atoms with van der Waals surface area (Å²) in [6.07, 6.45) is 13.2. The first kappa shape index (κ1) is 24.2. The standard InChI is InChI=1S/C25H38O3/c1-3-4-5-6-7-8-9-10-11-12-13-22(2)28-21-20-24-16-14-23(15-17-24)18-19-25(26)27/h14-17,22H,3-11,18-21H2,1-2H3,(H,26,27). The van der Waals surface area contributed by atoms with Crippen LogP contribution < -0.4 is 0 Å². The van der Waals surface area contributed by atoms with Crippen LogP contribution >= 0.6 is 0 Å². The molecule has 0 radical (unpaired) electrons. The zero-order chi connectivity index (χ0) is 20.5. The summed E-state index contributed by atoms with van der Waals surface area (Å²) in [5, 5.41) is 8.72. The highest BCUT2D eigenvalue weighted by Crippen LogP contribution is 2.10. The van der Waals surface area contributed by atoms with Crippen molar-refractivity contribution in [2.75, 3.05) is 6.61 Å². The summed E-state index contributed by atoms with van der Waals surface area (Å²) in [6, 6.07) is 8.12. The van der Waals surface area contributed by atoms with Gasteiger partial charge in [-0.05, 0) is 37.3 Å². The third-order valence-corrected chi connectivity index (χ3v) is 4.87. The van der Waals surface area contributed by atoms with Gasteiger partial charge in [-0.2, -0.15) is 0 Å². The van der Waals surface area contributed by atoms with Gasteiger partial charge in [0.05, 0.1) is 6.61 Å². The van der Waals surface area contributed by atoms with Gasteiger partial charge in [0.2, 0.25) is 0 Å². The summed E-state index contributed by atoms with van der Waals surface area (Å²) in [7, 11) is 0. The monoisotopic (exact) mass is 386 g/mol. The van der Waals surface area contributed by atoms with E-state index in [0.717, 1.165) is 18.4 Å². The van der Waals surface area contributed by atoms with Gasteiger partial charge in [0, 0.05) is 12.8 Å². The van der Waals surface area contributed by atoms with Crippen molar-refractivity contribution in [2.24, 2.45) is 0 Å². The average Bonchev–Trinajstić information content (AvgIpc) is 2.68. The fourth-order valence-corrected chi connectivity index (χ4v) is 3.08. The van der Waals surface area contributed by atoms with Crippen molar-refractivity contribution in [1.29, 1.82) is 0 Å². The van der Waals surface area contributed by atoms with E-state index in [-0.39, 0.29) is 12.5 Å². The predicted octanol–water partition coefficient (Wildman–Crippen LogP) is 6.19. The summed E-state index contributed by atoms with van der Waals surface area (Å²) in [5.41, 5.74) is 2.27. The van der Waals surface area contributed by atoms with Crippen LogP contribution in [0.25, 0.3) is 0 Å². The normalized spacial score (nSPS) is 11.6. The molecule has 1 atom stereocenters. The van der Waals surface area contributed by atoms with Crippen molar-refractivity contribution >= 4 is 5.97 Å². The molecule has 0 saturated carbocycles. The molecule has 1 unspecified atom stereocenters. The van der Waals surface area contributed by atoms with E-state index in [2.05, 4.69) is 30.9 Å². The molecule has 0 heterocycles. The maximum Gasteiger partial charge on any atom is 0.303 e. The minimum Gasteiger partial charge on any atom is -0.481 e. The Bertz CT molecular complexity index is 580. The Kier molecular flexibility index (Phi) is 14.0. The molecule has 0 aliphatic rings. The van der Waals surface area contributed by atoms with E-state index in [4.69, 9.17) is 9.84 Å². The van der Waals surface area contributed by atoms with Gasteiger partial charge in [0.25, 0.3) is 0 Å². The first-order chi connectivity index (χ1) is 13.6. The summed E-state index contributed by atoms with van der Waals surface area (Å²) in [4.78, 5) is 10.6. The highest BCUT2D eigenvalue weighted by Gasteiger charge is 2.01. The molecule has 0 aliphatic carbocycles. The van der Waals surface area contributed by atoms with Crippen LogP contribution in [0.15, 0.2) is 24.3 Å². The molecule has 28 heavy (non-hydrogen) atoms. The lowest BCUT2D eigenvalue weighted by Crippen LogP contribution is -2.08. The summed E-state index contributed by atoms with van der Waals surface area (Å²) >= 11 is 0. The van der Waals surface area contributed by atoms with Crippen LogP contribution in [0.2, 0.25) is 0 Å². The summed E-state index contributed by atoms with van der Waals surface area (Å²) < 4.78 is 5.79. The SMILES string of the molecule is CCCCCCCCCCC#CC(C)OCCc1ccc(CCC(=O)O)cc1. The quantitative estimate of drug-likeness (QED) is 0.289. The van der Waals surface area contributed by atoms with Crippen molar-refractivity contribution in [2.45, 2.75) is 97.0 Å². The number of hydrogen-bond donors (Lipinski definition) is 1. The number of unbranched alkanes of at least 4 members (excludes halogenated alkanes) is 8. The molecule has 0 amide bonds. The molecule has 1 aromatic rings. The predicted molar refractivity (Wildman–Crippen MR) is 117 cm³/mol. The largest absolute Gasteiger partial charge is 0.481 e. The fraction of sp³-hybridized carbons (Fsp3) is 0.640. The number of carboxylic acids is 1. The van der Waals surface area contributed by atoms with Crippen molar-refractivity contribution in [1.82, 2.24) is 0 Å². The maximum atomic E-state index is 10.6. The first-order valence-electron chi connectivity index (χ1n) is 11.0. The van der Waals surface area contributed by atoms with E-state index in [9.17, 15) is 4.79 Å². The highest BCUT2D eigenvalue weighted by molar-refractivity contribution is 5.67. The number of ether oxygens (including phenoxy) is 1. The minimum absolute atomic E-state index is 0.0242. The molecule has 1 N–H and O–H groups in total. The molecular weight excluding hydrogens is 348 g/mol. The Morgan fingerprint density at radius 1 is 0.964 bits per heavy atom. The highest BCUT2D eigenvalue weighted by atomic mass is 16.5. The van der Waals surface area contributed by atoms with E-state index in [1.54, 1.807) is 0 Å². The van der Waals surface area contributed by atoms with Gasteiger partial charge >= 0.3 is 5.97 Å². The van der Waals surface area contributed by atoms with Crippen LogP contribution in [0.4, 0.5) is 0 Å². The first-order valence-corrected chi connectivity index (χ1v) is 11.0. The Hall–Kier alpha value is -1.79. The lowest BCUT2D eigenvalue weighted by atomic mass is 10.1. The zero-order valence-electron chi connectivity index (χ0n) is 17.8. The van der Waals surface area contributed by atoms with E-state index in [0.29, 0.717) is 13.0 Å². The molecule has 0 bridgehead atoms. The average molecular weight is 387 g/mol. The number of benzene rings is 1. The molecule has 0 spiro atoms. The van der Waals surface area contributed by atoms with Gasteiger partial charge in [-0.15, -0.1) is 5.92 Å². The van der Waals surface area contributed by atoms with Crippen LogP contribution in [-0.2, 0) is 22.4 Å². The van der Waals surface area contributed by atoms with Gasteiger partial charge in [0.15, 0.2) is 0 Å². The van der Waals surface area contributed by atoms with E-state index < -0.39 is 5.97 Å². The van der Waals surface area contributed by atoms with Crippen LogP contribution in [-0.4, -0.2) is 23.8 Å². The maximum absolute atomic E-state index is 10.6. The lowest BCUT2D eigenvalue weighted by molar-refractivity contribution is -0.136. The summed E-state index contributed by atoms with van der Waals surface area (Å²) in [5.74, 6) is 5.69. The Labute approximate surface area is 171 Å². The third-order valence-electron chi connectivity index (χ3n) is 4.87. The Morgan fingerprint density at radius 3 is 2.14 bits per heavy atom. The van der Waals surface area contributed by atoms with Crippen LogP contribution in [0.3, 0.4) is 0 Å². The number of hydrogen-bond acceptors (Lipinski definition) is 2. The number of aryl methyl sites for hydroxylation is 1. The van der Waals surface area contributed by atoms with E-state index in [1.165, 1.54) is 56.9 Å². The number of carboxylic acid groups (broad SMARTS) is 1. The zero-order valence-corrected chi connectivity index (χ0v) is 17.8. The topological polar surface area (TPSA) is 46.5 Å². The second-order valence-corrected chi connectivity index (χ2v) is 7.52. The van der Waals surface area contributed by atoms with Crippen LogP contribution in [0, 0.1) is 11.8 Å². The molecule has 0 fully saturated rings. The lowest BCUT2D eigenvalue weighted by Gasteiger charge is -2.07. The van der Waals surface area contributed by atoms with Crippen molar-refractivity contribution < 1.29 is 14.6 Å². The minimum atomic E-state index is -0.755. The van der Waals surface area contributed by atoms with Gasteiger partial charge in [-0.25, -0.2) is 0 Å². The van der Waals surface area contributed by atoms with Gasteiger partial charge in [0.1, 0.15) is 6.10 Å². The molecule has 0 saturated heterocycles. The molecular formula is C25H38O3. The van der Waals surface area contributed by atoms with Crippen molar-refractivity contribution in [3.8, 4) is 11.8 Å². The smallest absolute Gasteiger partial charge is 0.303 e. The second-order valence-electron chi connectivity index (χ2n) is 7.52. The van der Waals surface area contributed by atoms with E-state index >= 15 is 0 Å². The van der Waals surface area contributed by atoms with Gasteiger partial charge < -0.3 is 9.84 Å². The third kappa shape index (κ3) is 13.4. The fourth-order valence-electron chi connectivity index (χ4n) is 3.08. The molecule has 0 aromatic heterocycles. The second kappa shape index (κ2) is 16.2. The van der Waals surface area contributed by atoms with Crippen molar-refractivity contribution in [3.63, 3.8) is 0 Å². The van der Waals surface area contributed by atoms with Crippen LogP contribution in [0.5, 0.6) is 0 Å². The summed E-state index contributed by atoms with van der Waals surface area (Å²) in [6.45, 7) is 4.92. The van der Waals surface area contributed by atoms with Crippen LogP contribution in [0.1, 0.15) is 89.2 Å². The van der Waals surface area contributed by atoms with Gasteiger partial charge in [-0.3, -0.25) is 4.79 Å². The molecule has 1 aromatic carbocycles. The van der Waals surface area contributed by atoms with E-state index in [1.807, 2.05) is 19.1 Å². The van der Waals surface area contributed by atoms with Crippen molar-refractivity contribution in [3.05, 3.63) is 35.4 Å². The number of rotatable bonds is 15. The van der Waals surface area contributed by atoms with Gasteiger partial charge in [-0.1, -0.05) is 82.1 Å². The molecule has 156 valence electrons. The molecule has 3 heteroatoms. The number of aliphatic carboxylic acids is 1. The molecule has 1 rings (SSSR count). The Balaban J connectivity index is 2.06. The molecule has 3 nitrogen and oxygen atoms in total. The Morgan fingerprint density at radius 2 is 1.54 bits per heavy atom. The number of carbonyl (C=O) groups is 1.